The molecule has 0 radical (unpaired) electrons. The van der Waals surface area contributed by atoms with Crippen LogP contribution in [-0.2, 0) is 4.79 Å². The van der Waals surface area contributed by atoms with E-state index in [1.54, 1.807) is 0 Å². The van der Waals surface area contributed by atoms with Crippen molar-refractivity contribution in [2.75, 3.05) is 0 Å². The highest BCUT2D eigenvalue weighted by molar-refractivity contribution is 9.10. The van der Waals surface area contributed by atoms with Gasteiger partial charge in [-0.05, 0) is 33.6 Å². The first kappa shape index (κ1) is 10.7. The van der Waals surface area contributed by atoms with Gasteiger partial charge in [-0.25, -0.2) is 0 Å². The normalized spacial score (nSPS) is 11.8. The van der Waals surface area contributed by atoms with Crippen LogP contribution in [0.3, 0.4) is 0 Å². The lowest BCUT2D eigenvalue weighted by molar-refractivity contribution is -0.138. The fourth-order valence-electron chi connectivity index (χ4n) is 0.958. The molecule has 0 fully saturated rings. The number of hydrogen-bond acceptors (Lipinski definition) is 3. The average molecular weight is 255 g/mol. The third-order valence-electron chi connectivity index (χ3n) is 1.74. The number of hydrogen-bond donors (Lipinski definition) is 2. The third kappa shape index (κ3) is 2.10. The van der Waals surface area contributed by atoms with Crippen molar-refractivity contribution in [1.29, 1.82) is 5.26 Å². The van der Waals surface area contributed by atoms with Crippen molar-refractivity contribution in [2.45, 2.75) is 6.04 Å². The first-order valence-corrected chi connectivity index (χ1v) is 4.53. The van der Waals surface area contributed by atoms with E-state index in [1.165, 1.54) is 18.2 Å². The number of nitrogens with zero attached hydrogens (tertiary/aromatic N) is 1. The van der Waals surface area contributed by atoms with Crippen molar-refractivity contribution in [2.24, 2.45) is 5.73 Å². The molecule has 5 heteroatoms. The lowest BCUT2D eigenvalue weighted by Crippen LogP contribution is -2.20. The molecule has 4 nitrogen and oxygen atoms in total. The van der Waals surface area contributed by atoms with Crippen molar-refractivity contribution < 1.29 is 9.90 Å². The van der Waals surface area contributed by atoms with E-state index >= 15 is 0 Å². The van der Waals surface area contributed by atoms with E-state index in [2.05, 4.69) is 15.9 Å². The van der Waals surface area contributed by atoms with Crippen molar-refractivity contribution in [3.05, 3.63) is 33.8 Å². The van der Waals surface area contributed by atoms with Gasteiger partial charge in [0.1, 0.15) is 12.1 Å². The maximum absolute atomic E-state index is 10.6. The summed E-state index contributed by atoms with van der Waals surface area (Å²) < 4.78 is 0.550. The molecule has 0 amide bonds. The molecular weight excluding hydrogens is 248 g/mol. The van der Waals surface area contributed by atoms with Crippen molar-refractivity contribution >= 4 is 21.9 Å². The predicted molar refractivity (Wildman–Crippen MR) is 53.4 cm³/mol. The number of carboxylic acid groups (broad SMARTS) is 1. The number of nitrogens with two attached hydrogens (primary N) is 1. The standard InChI is InChI=1S/C9H7BrN2O2/c10-7-3-5(8(12)9(13)14)1-2-6(7)4-11/h1-3,8H,12H2,(H,13,14)/t8-/m0/s1. The largest absolute Gasteiger partial charge is 0.480 e. The Kier molecular flexibility index (Phi) is 3.23. The molecule has 0 unspecified atom stereocenters. The van der Waals surface area contributed by atoms with E-state index in [-0.39, 0.29) is 0 Å². The number of carboxylic acids is 1. The second-order valence-electron chi connectivity index (χ2n) is 2.67. The van der Waals surface area contributed by atoms with E-state index in [4.69, 9.17) is 16.1 Å². The summed E-state index contributed by atoms with van der Waals surface area (Å²) in [6.07, 6.45) is 0. The Labute approximate surface area is 89.1 Å². The SMILES string of the molecule is N#Cc1ccc([C@H](N)C(=O)O)cc1Br. The zero-order valence-corrected chi connectivity index (χ0v) is 8.65. The molecule has 0 saturated heterocycles. The Bertz CT molecular complexity index is 412. The van der Waals surface area contributed by atoms with Gasteiger partial charge in [0.15, 0.2) is 0 Å². The molecule has 1 aromatic carbocycles. The van der Waals surface area contributed by atoms with Crippen LogP contribution in [0.2, 0.25) is 0 Å². The summed E-state index contributed by atoms with van der Waals surface area (Å²) in [5.41, 5.74) is 6.31. The molecule has 0 saturated carbocycles. The van der Waals surface area contributed by atoms with E-state index in [0.29, 0.717) is 15.6 Å². The van der Waals surface area contributed by atoms with E-state index in [1.807, 2.05) is 6.07 Å². The Morgan fingerprint density at radius 1 is 1.64 bits per heavy atom. The van der Waals surface area contributed by atoms with Crippen LogP contribution < -0.4 is 5.73 Å². The van der Waals surface area contributed by atoms with Gasteiger partial charge in [0.25, 0.3) is 0 Å². The highest BCUT2D eigenvalue weighted by Crippen LogP contribution is 2.20. The molecule has 0 aliphatic heterocycles. The molecule has 0 heterocycles. The summed E-state index contributed by atoms with van der Waals surface area (Å²) in [5.74, 6) is -1.10. The molecule has 0 aromatic heterocycles. The van der Waals surface area contributed by atoms with Gasteiger partial charge in [-0.1, -0.05) is 6.07 Å². The fourth-order valence-corrected chi connectivity index (χ4v) is 1.44. The zero-order chi connectivity index (χ0) is 10.7. The van der Waals surface area contributed by atoms with Gasteiger partial charge in [-0.15, -0.1) is 0 Å². The molecule has 14 heavy (non-hydrogen) atoms. The summed E-state index contributed by atoms with van der Waals surface area (Å²) in [6.45, 7) is 0. The molecule has 3 N–H and O–H groups in total. The first-order chi connectivity index (χ1) is 6.56. The molecule has 0 aliphatic rings. The molecule has 0 spiro atoms. The van der Waals surface area contributed by atoms with E-state index in [9.17, 15) is 4.79 Å². The molecule has 72 valence electrons. The topological polar surface area (TPSA) is 87.1 Å². The lowest BCUT2D eigenvalue weighted by Gasteiger charge is -2.07. The lowest BCUT2D eigenvalue weighted by atomic mass is 10.1. The van der Waals surface area contributed by atoms with Gasteiger partial charge >= 0.3 is 5.97 Å². The highest BCUT2D eigenvalue weighted by atomic mass is 79.9. The number of rotatable bonds is 2. The Morgan fingerprint density at radius 2 is 2.29 bits per heavy atom. The Balaban J connectivity index is 3.10. The maximum Gasteiger partial charge on any atom is 0.325 e. The molecule has 0 bridgehead atoms. The highest BCUT2D eigenvalue weighted by Gasteiger charge is 2.14. The summed E-state index contributed by atoms with van der Waals surface area (Å²) in [7, 11) is 0. The minimum absolute atomic E-state index is 0.450. The van der Waals surface area contributed by atoms with Crippen LogP contribution in [0.15, 0.2) is 22.7 Å². The van der Waals surface area contributed by atoms with Crippen LogP contribution >= 0.6 is 15.9 Å². The summed E-state index contributed by atoms with van der Waals surface area (Å²) >= 11 is 3.15. The van der Waals surface area contributed by atoms with Gasteiger partial charge < -0.3 is 10.8 Å². The number of benzene rings is 1. The number of aliphatic carboxylic acids is 1. The minimum atomic E-state index is -1.10. The quantitative estimate of drug-likeness (QED) is 0.836. The van der Waals surface area contributed by atoms with E-state index in [0.717, 1.165) is 0 Å². The smallest absolute Gasteiger partial charge is 0.325 e. The minimum Gasteiger partial charge on any atom is -0.480 e. The van der Waals surface area contributed by atoms with Gasteiger partial charge in [0, 0.05) is 4.47 Å². The first-order valence-electron chi connectivity index (χ1n) is 3.74. The number of halogens is 1. The Hall–Kier alpha value is -1.38. The second-order valence-corrected chi connectivity index (χ2v) is 3.52. The molecule has 1 aromatic rings. The third-order valence-corrected chi connectivity index (χ3v) is 2.39. The molecule has 0 aliphatic carbocycles. The van der Waals surface area contributed by atoms with Crippen molar-refractivity contribution in [3.63, 3.8) is 0 Å². The summed E-state index contributed by atoms with van der Waals surface area (Å²) in [4.78, 5) is 10.6. The van der Waals surface area contributed by atoms with E-state index < -0.39 is 12.0 Å². The summed E-state index contributed by atoms with van der Waals surface area (Å²) in [6, 6.07) is 5.50. The average Bonchev–Trinajstić information content (AvgIpc) is 2.16. The maximum atomic E-state index is 10.6. The van der Waals surface area contributed by atoms with Gasteiger partial charge in [-0.2, -0.15) is 5.26 Å². The van der Waals surface area contributed by atoms with Crippen LogP contribution in [0.4, 0.5) is 0 Å². The summed E-state index contributed by atoms with van der Waals surface area (Å²) in [5, 5.41) is 17.3. The van der Waals surface area contributed by atoms with Gasteiger partial charge in [0.2, 0.25) is 0 Å². The number of nitriles is 1. The predicted octanol–water partition coefficient (Wildman–Crippen LogP) is 1.41. The number of carbonyl (C=O) groups is 1. The second kappa shape index (κ2) is 4.22. The fraction of sp³-hybridized carbons (Fsp3) is 0.111. The molecular formula is C9H7BrN2O2. The zero-order valence-electron chi connectivity index (χ0n) is 7.07. The van der Waals surface area contributed by atoms with Crippen LogP contribution in [0.1, 0.15) is 17.2 Å². The van der Waals surface area contributed by atoms with Crippen molar-refractivity contribution in [3.8, 4) is 6.07 Å². The molecule has 1 atom stereocenters. The van der Waals surface area contributed by atoms with Gasteiger partial charge in [0.05, 0.1) is 5.56 Å². The van der Waals surface area contributed by atoms with Crippen LogP contribution in [0.5, 0.6) is 0 Å². The van der Waals surface area contributed by atoms with Crippen LogP contribution in [-0.4, -0.2) is 11.1 Å². The molecule has 1 rings (SSSR count). The van der Waals surface area contributed by atoms with Crippen molar-refractivity contribution in [1.82, 2.24) is 0 Å². The van der Waals surface area contributed by atoms with Gasteiger partial charge in [-0.3, -0.25) is 4.79 Å². The monoisotopic (exact) mass is 254 g/mol. The Morgan fingerprint density at radius 3 is 2.71 bits per heavy atom. The van der Waals surface area contributed by atoms with Crippen LogP contribution in [0.25, 0.3) is 0 Å². The van der Waals surface area contributed by atoms with Crippen LogP contribution in [0, 0.1) is 11.3 Å².